The average Bonchev–Trinajstić information content (AvgIpc) is 2.31. The molecule has 7 heteroatoms. The van der Waals surface area contributed by atoms with Crippen LogP contribution in [0.15, 0.2) is 17.3 Å². The van der Waals surface area contributed by atoms with Gasteiger partial charge >= 0.3 is 0 Å². The Hall–Kier alpha value is -1.20. The van der Waals surface area contributed by atoms with Crippen LogP contribution < -0.4 is 11.1 Å². The lowest BCUT2D eigenvalue weighted by Crippen LogP contribution is -2.12. The van der Waals surface area contributed by atoms with Crippen molar-refractivity contribution in [3.05, 3.63) is 28.0 Å². The summed E-state index contributed by atoms with van der Waals surface area (Å²) in [6.07, 6.45) is 2.07. The zero-order valence-corrected chi connectivity index (χ0v) is 11.1. The van der Waals surface area contributed by atoms with E-state index >= 15 is 0 Å². The fraction of sp³-hybridized carbons (Fsp3) is 0.364. The zero-order chi connectivity index (χ0) is 13.5. The Bertz CT molecular complexity index is 417. The maximum absolute atomic E-state index is 12.9. The molecule has 0 spiro atoms. The van der Waals surface area contributed by atoms with Gasteiger partial charge in [-0.1, -0.05) is 28.4 Å². The standard InChI is InChI=1S/C11H14Cl2FN3O/c12-8-5-7(14)6-9(13)11(8)16-4-2-1-3-10(15)17-18/h5-6,16,18H,1-4H2,(H2,15,17). The summed E-state index contributed by atoms with van der Waals surface area (Å²) in [6.45, 7) is 0.615. The van der Waals surface area contributed by atoms with E-state index in [9.17, 15) is 4.39 Å². The third-order valence-corrected chi connectivity index (χ3v) is 2.89. The van der Waals surface area contributed by atoms with Crippen molar-refractivity contribution >= 4 is 34.7 Å². The summed E-state index contributed by atoms with van der Waals surface area (Å²) in [4.78, 5) is 0. The lowest BCUT2D eigenvalue weighted by molar-refractivity contribution is 0.316. The van der Waals surface area contributed by atoms with Gasteiger partial charge in [0.2, 0.25) is 0 Å². The fourth-order valence-corrected chi connectivity index (χ4v) is 2.00. The van der Waals surface area contributed by atoms with E-state index in [0.29, 0.717) is 18.7 Å². The van der Waals surface area contributed by atoms with Crippen molar-refractivity contribution < 1.29 is 9.60 Å². The number of anilines is 1. The largest absolute Gasteiger partial charge is 0.409 e. The van der Waals surface area contributed by atoms with Crippen LogP contribution in [0.1, 0.15) is 19.3 Å². The molecule has 0 atom stereocenters. The number of rotatable bonds is 6. The summed E-state index contributed by atoms with van der Waals surface area (Å²) in [5.41, 5.74) is 5.84. The van der Waals surface area contributed by atoms with Gasteiger partial charge in [0.1, 0.15) is 11.7 Å². The first-order chi connectivity index (χ1) is 8.54. The molecular weight excluding hydrogens is 280 g/mol. The zero-order valence-electron chi connectivity index (χ0n) is 9.59. The molecule has 0 amide bonds. The predicted molar refractivity (Wildman–Crippen MR) is 72.2 cm³/mol. The topological polar surface area (TPSA) is 70.6 Å². The van der Waals surface area contributed by atoms with Crippen LogP contribution in [0.4, 0.5) is 10.1 Å². The molecule has 1 rings (SSSR count). The third-order valence-electron chi connectivity index (χ3n) is 2.30. The van der Waals surface area contributed by atoms with Crippen LogP contribution in [-0.2, 0) is 0 Å². The Morgan fingerprint density at radius 2 is 1.94 bits per heavy atom. The molecule has 0 unspecified atom stereocenters. The molecule has 0 saturated heterocycles. The number of benzene rings is 1. The second-order valence-corrected chi connectivity index (χ2v) is 4.53. The molecule has 0 heterocycles. The van der Waals surface area contributed by atoms with Crippen LogP contribution in [0.5, 0.6) is 0 Å². The fourth-order valence-electron chi connectivity index (χ4n) is 1.41. The Balaban J connectivity index is 2.40. The summed E-state index contributed by atoms with van der Waals surface area (Å²) in [6, 6.07) is 2.40. The van der Waals surface area contributed by atoms with Crippen LogP contribution in [0.25, 0.3) is 0 Å². The van der Waals surface area contributed by atoms with Gasteiger partial charge in [0.05, 0.1) is 15.7 Å². The van der Waals surface area contributed by atoms with Gasteiger partial charge in [0, 0.05) is 13.0 Å². The molecule has 4 N–H and O–H groups in total. The minimum atomic E-state index is -0.470. The van der Waals surface area contributed by atoms with Crippen molar-refractivity contribution in [1.82, 2.24) is 0 Å². The molecule has 0 aromatic heterocycles. The molecule has 0 fully saturated rings. The minimum absolute atomic E-state index is 0.202. The van der Waals surface area contributed by atoms with Gasteiger partial charge in [-0.3, -0.25) is 0 Å². The van der Waals surface area contributed by atoms with Crippen LogP contribution in [0.3, 0.4) is 0 Å². The number of hydrogen-bond acceptors (Lipinski definition) is 3. The van der Waals surface area contributed by atoms with E-state index in [-0.39, 0.29) is 15.9 Å². The average molecular weight is 294 g/mol. The monoisotopic (exact) mass is 293 g/mol. The summed E-state index contributed by atoms with van der Waals surface area (Å²) in [5.74, 6) is -0.268. The summed E-state index contributed by atoms with van der Waals surface area (Å²) < 4.78 is 12.9. The van der Waals surface area contributed by atoms with Crippen molar-refractivity contribution in [2.75, 3.05) is 11.9 Å². The molecular formula is C11H14Cl2FN3O. The lowest BCUT2D eigenvalue weighted by atomic mass is 10.2. The van der Waals surface area contributed by atoms with Crippen molar-refractivity contribution in [1.29, 1.82) is 0 Å². The number of halogens is 3. The Morgan fingerprint density at radius 1 is 1.33 bits per heavy atom. The number of unbranched alkanes of at least 4 members (excludes halogenated alkanes) is 1. The predicted octanol–water partition coefficient (Wildman–Crippen LogP) is 3.46. The molecule has 100 valence electrons. The van der Waals surface area contributed by atoms with E-state index in [1.54, 1.807) is 0 Å². The smallest absolute Gasteiger partial charge is 0.139 e. The van der Waals surface area contributed by atoms with E-state index in [4.69, 9.17) is 34.1 Å². The van der Waals surface area contributed by atoms with E-state index in [1.807, 2.05) is 0 Å². The molecule has 0 aliphatic rings. The summed E-state index contributed by atoms with van der Waals surface area (Å²) in [7, 11) is 0. The molecule has 4 nitrogen and oxygen atoms in total. The quantitative estimate of drug-likeness (QED) is 0.247. The van der Waals surface area contributed by atoms with Crippen molar-refractivity contribution in [3.63, 3.8) is 0 Å². The van der Waals surface area contributed by atoms with Gasteiger partial charge in [0.25, 0.3) is 0 Å². The van der Waals surface area contributed by atoms with E-state index < -0.39 is 5.82 Å². The van der Waals surface area contributed by atoms with Crippen molar-refractivity contribution in [3.8, 4) is 0 Å². The highest BCUT2D eigenvalue weighted by Gasteiger charge is 2.07. The van der Waals surface area contributed by atoms with Gasteiger partial charge in [-0.25, -0.2) is 4.39 Å². The summed E-state index contributed by atoms with van der Waals surface area (Å²) >= 11 is 11.7. The van der Waals surface area contributed by atoms with Crippen LogP contribution in [0.2, 0.25) is 10.0 Å². The molecule has 0 bridgehead atoms. The highest BCUT2D eigenvalue weighted by Crippen LogP contribution is 2.31. The molecule has 18 heavy (non-hydrogen) atoms. The van der Waals surface area contributed by atoms with E-state index in [0.717, 1.165) is 12.8 Å². The molecule has 0 saturated carbocycles. The SMILES string of the molecule is NC(CCCCNc1c(Cl)cc(F)cc1Cl)=NO. The normalized spacial score (nSPS) is 11.6. The minimum Gasteiger partial charge on any atom is -0.409 e. The molecule has 0 aliphatic carbocycles. The third kappa shape index (κ3) is 4.58. The van der Waals surface area contributed by atoms with Crippen LogP contribution >= 0.6 is 23.2 Å². The second kappa shape index (κ2) is 7.28. The molecule has 1 aromatic carbocycles. The highest BCUT2D eigenvalue weighted by atomic mass is 35.5. The Morgan fingerprint density at radius 3 is 2.50 bits per heavy atom. The van der Waals surface area contributed by atoms with Gasteiger partial charge in [-0.05, 0) is 25.0 Å². The first kappa shape index (κ1) is 14.9. The Labute approximate surface area is 115 Å². The van der Waals surface area contributed by atoms with E-state index in [1.165, 1.54) is 12.1 Å². The number of nitrogens with two attached hydrogens (primary N) is 1. The maximum atomic E-state index is 12.9. The van der Waals surface area contributed by atoms with Crippen molar-refractivity contribution in [2.45, 2.75) is 19.3 Å². The summed E-state index contributed by atoms with van der Waals surface area (Å²) in [5, 5.41) is 14.7. The lowest BCUT2D eigenvalue weighted by Gasteiger charge is -2.10. The second-order valence-electron chi connectivity index (χ2n) is 3.72. The van der Waals surface area contributed by atoms with Gasteiger partial charge in [-0.15, -0.1) is 0 Å². The number of nitrogens with one attached hydrogen (secondary N) is 1. The van der Waals surface area contributed by atoms with Crippen molar-refractivity contribution in [2.24, 2.45) is 10.9 Å². The Kier molecular flexibility index (Phi) is 6.01. The number of nitrogens with zero attached hydrogens (tertiary/aromatic N) is 1. The molecule has 0 radical (unpaired) electrons. The van der Waals surface area contributed by atoms with Crippen LogP contribution in [0, 0.1) is 5.82 Å². The first-order valence-corrected chi connectivity index (χ1v) is 6.15. The number of amidine groups is 1. The van der Waals surface area contributed by atoms with Gasteiger partial charge < -0.3 is 16.3 Å². The molecule has 0 aliphatic heterocycles. The molecule has 1 aromatic rings. The van der Waals surface area contributed by atoms with Crippen LogP contribution in [-0.4, -0.2) is 17.6 Å². The highest BCUT2D eigenvalue weighted by molar-refractivity contribution is 6.39. The van der Waals surface area contributed by atoms with Gasteiger partial charge in [-0.2, -0.15) is 0 Å². The number of oxime groups is 1. The first-order valence-electron chi connectivity index (χ1n) is 5.39. The maximum Gasteiger partial charge on any atom is 0.139 e. The number of hydrogen-bond donors (Lipinski definition) is 3. The van der Waals surface area contributed by atoms with Gasteiger partial charge in [0.15, 0.2) is 0 Å². The van der Waals surface area contributed by atoms with E-state index in [2.05, 4.69) is 10.5 Å².